The molecule has 1 aliphatic rings. The van der Waals surface area contributed by atoms with Crippen LogP contribution in [0.25, 0.3) is 11.1 Å². The van der Waals surface area contributed by atoms with Crippen molar-refractivity contribution in [1.82, 2.24) is 0 Å². The van der Waals surface area contributed by atoms with E-state index in [-0.39, 0.29) is 5.41 Å². The van der Waals surface area contributed by atoms with Crippen LogP contribution >= 0.6 is 0 Å². The molecule has 0 bridgehead atoms. The van der Waals surface area contributed by atoms with Gasteiger partial charge in [0.25, 0.3) is 0 Å². The zero-order valence-corrected chi connectivity index (χ0v) is 13.3. The highest BCUT2D eigenvalue weighted by Crippen LogP contribution is 2.45. The molecule has 22 heavy (non-hydrogen) atoms. The van der Waals surface area contributed by atoms with Crippen LogP contribution in [-0.4, -0.2) is 5.97 Å². The smallest absolute Gasteiger partial charge is 0.335 e. The van der Waals surface area contributed by atoms with Crippen LogP contribution in [0.15, 0.2) is 49.1 Å². The quantitative estimate of drug-likeness (QED) is 0.390. The summed E-state index contributed by atoms with van der Waals surface area (Å²) < 4.78 is 5.64. The third-order valence-corrected chi connectivity index (χ3v) is 4.11. The van der Waals surface area contributed by atoms with Gasteiger partial charge in [0.05, 0.1) is 0 Å². The molecule has 2 heteroatoms. The maximum Gasteiger partial charge on any atom is 0.335 e. The van der Waals surface area contributed by atoms with Gasteiger partial charge in [0, 0.05) is 23.6 Å². The number of hydrogen-bond donors (Lipinski definition) is 0. The highest BCUT2D eigenvalue weighted by Gasteiger charge is 2.28. The molecule has 2 aromatic carbocycles. The standard InChI is InChI=1S/C20H20O2/c1-5-18(21)22-19-16-12-13-8-6-7-9-14(13)15(16)10-11-17(19)20(2,3)4/h5-11H,1,12H2,2-4H3. The Balaban J connectivity index is 2.21. The number of hydrogen-bond acceptors (Lipinski definition) is 2. The Hall–Kier alpha value is -2.35. The number of rotatable bonds is 2. The van der Waals surface area contributed by atoms with Crippen LogP contribution in [-0.2, 0) is 16.6 Å². The van der Waals surface area contributed by atoms with Crippen molar-refractivity contribution in [2.45, 2.75) is 32.6 Å². The summed E-state index contributed by atoms with van der Waals surface area (Å²) in [6, 6.07) is 12.6. The number of carbonyl (C=O) groups excluding carboxylic acids is 1. The van der Waals surface area contributed by atoms with Crippen molar-refractivity contribution in [2.24, 2.45) is 0 Å². The van der Waals surface area contributed by atoms with Crippen LogP contribution in [0.1, 0.15) is 37.5 Å². The lowest BCUT2D eigenvalue weighted by molar-refractivity contribution is -0.129. The van der Waals surface area contributed by atoms with Crippen LogP contribution in [0, 0.1) is 0 Å². The van der Waals surface area contributed by atoms with Crippen molar-refractivity contribution in [1.29, 1.82) is 0 Å². The Morgan fingerprint density at radius 3 is 2.55 bits per heavy atom. The molecule has 112 valence electrons. The Bertz CT molecular complexity index is 764. The van der Waals surface area contributed by atoms with E-state index in [9.17, 15) is 4.79 Å². The summed E-state index contributed by atoms with van der Waals surface area (Å²) in [6.07, 6.45) is 2.02. The molecule has 0 radical (unpaired) electrons. The summed E-state index contributed by atoms with van der Waals surface area (Å²) >= 11 is 0. The normalized spacial score (nSPS) is 12.5. The van der Waals surface area contributed by atoms with Crippen molar-refractivity contribution in [3.05, 3.63) is 65.7 Å². The second kappa shape index (κ2) is 5.13. The lowest BCUT2D eigenvalue weighted by Gasteiger charge is -2.24. The van der Waals surface area contributed by atoms with E-state index in [1.54, 1.807) is 0 Å². The monoisotopic (exact) mass is 292 g/mol. The van der Waals surface area contributed by atoms with Gasteiger partial charge in [-0.25, -0.2) is 4.79 Å². The van der Waals surface area contributed by atoms with E-state index in [0.717, 1.165) is 23.1 Å². The molecule has 0 saturated carbocycles. The van der Waals surface area contributed by atoms with Crippen molar-refractivity contribution in [3.8, 4) is 16.9 Å². The first-order valence-corrected chi connectivity index (χ1v) is 7.50. The molecule has 0 aliphatic heterocycles. The molecule has 0 spiro atoms. The van der Waals surface area contributed by atoms with E-state index >= 15 is 0 Å². The number of ether oxygens (including phenoxy) is 1. The number of benzene rings is 2. The molecule has 1 aliphatic carbocycles. The van der Waals surface area contributed by atoms with Gasteiger partial charge >= 0.3 is 5.97 Å². The van der Waals surface area contributed by atoms with Crippen LogP contribution in [0.4, 0.5) is 0 Å². The molecule has 0 saturated heterocycles. The van der Waals surface area contributed by atoms with Crippen LogP contribution in [0.3, 0.4) is 0 Å². The van der Waals surface area contributed by atoms with Crippen molar-refractivity contribution in [2.75, 3.05) is 0 Å². The first-order chi connectivity index (χ1) is 10.4. The molecule has 0 fully saturated rings. The fraction of sp³-hybridized carbons (Fsp3) is 0.250. The highest BCUT2D eigenvalue weighted by atomic mass is 16.5. The Morgan fingerprint density at radius 1 is 1.14 bits per heavy atom. The highest BCUT2D eigenvalue weighted by molar-refractivity contribution is 5.86. The average molecular weight is 292 g/mol. The van der Waals surface area contributed by atoms with Crippen LogP contribution < -0.4 is 4.74 Å². The Kier molecular flexibility index (Phi) is 3.40. The molecule has 0 atom stereocenters. The maximum absolute atomic E-state index is 11.8. The van der Waals surface area contributed by atoms with Crippen molar-refractivity contribution in [3.63, 3.8) is 0 Å². The van der Waals surface area contributed by atoms with Gasteiger partial charge in [-0.3, -0.25) is 0 Å². The molecule has 2 nitrogen and oxygen atoms in total. The van der Waals surface area contributed by atoms with E-state index in [4.69, 9.17) is 4.74 Å². The summed E-state index contributed by atoms with van der Waals surface area (Å²) in [5.74, 6) is 0.293. The molecule has 2 aromatic rings. The van der Waals surface area contributed by atoms with Gasteiger partial charge in [-0.2, -0.15) is 0 Å². The minimum absolute atomic E-state index is 0.0966. The minimum Gasteiger partial charge on any atom is -0.423 e. The van der Waals surface area contributed by atoms with Crippen molar-refractivity contribution >= 4 is 5.97 Å². The fourth-order valence-corrected chi connectivity index (χ4v) is 3.03. The molecular weight excluding hydrogens is 272 g/mol. The SMILES string of the molecule is C=CC(=O)Oc1c(C(C)(C)C)ccc2c1Cc1ccccc1-2. The lowest BCUT2D eigenvalue weighted by Crippen LogP contribution is -2.16. The van der Waals surface area contributed by atoms with E-state index in [0.29, 0.717) is 5.75 Å². The molecular formula is C20H20O2. The average Bonchev–Trinajstić information content (AvgIpc) is 2.85. The number of carbonyl (C=O) groups is 1. The Morgan fingerprint density at radius 2 is 1.86 bits per heavy atom. The third kappa shape index (κ3) is 2.35. The van der Waals surface area contributed by atoms with Gasteiger partial charge in [-0.05, 0) is 22.1 Å². The number of esters is 1. The van der Waals surface area contributed by atoms with E-state index in [1.807, 2.05) is 12.1 Å². The maximum atomic E-state index is 11.8. The lowest BCUT2D eigenvalue weighted by atomic mass is 9.84. The second-order valence-electron chi connectivity index (χ2n) is 6.68. The van der Waals surface area contributed by atoms with Gasteiger partial charge in [0.2, 0.25) is 0 Å². The largest absolute Gasteiger partial charge is 0.423 e. The predicted octanol–water partition coefficient (Wildman–Crippen LogP) is 4.65. The summed E-state index contributed by atoms with van der Waals surface area (Å²) in [4.78, 5) is 11.8. The second-order valence-corrected chi connectivity index (χ2v) is 6.68. The van der Waals surface area contributed by atoms with Gasteiger partial charge in [0.15, 0.2) is 0 Å². The molecule has 0 aromatic heterocycles. The topological polar surface area (TPSA) is 26.3 Å². The summed E-state index contributed by atoms with van der Waals surface area (Å²) in [6.45, 7) is 9.89. The van der Waals surface area contributed by atoms with Gasteiger partial charge in [0.1, 0.15) is 5.75 Å². The van der Waals surface area contributed by atoms with Gasteiger partial charge in [-0.1, -0.05) is 63.7 Å². The Labute approximate surface area is 131 Å². The summed E-state index contributed by atoms with van der Waals surface area (Å²) in [5.41, 5.74) is 5.72. The minimum atomic E-state index is -0.408. The summed E-state index contributed by atoms with van der Waals surface area (Å²) in [5, 5.41) is 0. The van der Waals surface area contributed by atoms with Crippen LogP contribution in [0.5, 0.6) is 5.75 Å². The third-order valence-electron chi connectivity index (χ3n) is 4.11. The molecule has 0 N–H and O–H groups in total. The zero-order chi connectivity index (χ0) is 15.9. The number of fused-ring (bicyclic) bond motifs is 3. The molecule has 0 amide bonds. The van der Waals surface area contributed by atoms with Crippen LogP contribution in [0.2, 0.25) is 0 Å². The van der Waals surface area contributed by atoms with Crippen molar-refractivity contribution < 1.29 is 9.53 Å². The van der Waals surface area contributed by atoms with E-state index in [1.165, 1.54) is 17.2 Å². The molecule has 3 rings (SSSR count). The van der Waals surface area contributed by atoms with E-state index in [2.05, 4.69) is 51.6 Å². The van der Waals surface area contributed by atoms with Gasteiger partial charge in [-0.15, -0.1) is 0 Å². The molecule has 0 unspecified atom stereocenters. The first kappa shape index (κ1) is 14.6. The first-order valence-electron chi connectivity index (χ1n) is 7.50. The predicted molar refractivity (Wildman–Crippen MR) is 89.2 cm³/mol. The van der Waals surface area contributed by atoms with E-state index < -0.39 is 5.97 Å². The fourth-order valence-electron chi connectivity index (χ4n) is 3.03. The zero-order valence-electron chi connectivity index (χ0n) is 13.3. The summed E-state index contributed by atoms with van der Waals surface area (Å²) in [7, 11) is 0. The van der Waals surface area contributed by atoms with Gasteiger partial charge < -0.3 is 4.74 Å². The molecule has 0 heterocycles.